The molecular weight excluding hydrogens is 232 g/mol. The molecule has 0 radical (unpaired) electrons. The molecule has 1 heterocycles. The van der Waals surface area contributed by atoms with Gasteiger partial charge in [-0.25, -0.2) is 0 Å². The van der Waals surface area contributed by atoms with Crippen LogP contribution in [0.25, 0.3) is 0 Å². The summed E-state index contributed by atoms with van der Waals surface area (Å²) in [6.45, 7) is 7.58. The Hall–Kier alpha value is -1.06. The van der Waals surface area contributed by atoms with Gasteiger partial charge < -0.3 is 14.6 Å². The molecule has 102 valence electrons. The summed E-state index contributed by atoms with van der Waals surface area (Å²) in [7, 11) is 0. The van der Waals surface area contributed by atoms with Crippen molar-refractivity contribution in [2.75, 3.05) is 0 Å². The van der Waals surface area contributed by atoms with E-state index < -0.39 is 22.9 Å². The third-order valence-electron chi connectivity index (χ3n) is 5.11. The van der Waals surface area contributed by atoms with Gasteiger partial charge in [-0.2, -0.15) is 0 Å². The number of fused-ring (bicyclic) bond motifs is 1. The van der Waals surface area contributed by atoms with Crippen LogP contribution < -0.4 is 5.11 Å². The van der Waals surface area contributed by atoms with E-state index >= 15 is 0 Å². The van der Waals surface area contributed by atoms with E-state index in [0.29, 0.717) is 6.42 Å². The predicted octanol–water partition coefficient (Wildman–Crippen LogP) is 1.13. The van der Waals surface area contributed by atoms with Crippen molar-refractivity contribution < 1.29 is 19.4 Å². The van der Waals surface area contributed by atoms with Crippen molar-refractivity contribution in [3.63, 3.8) is 0 Å². The Kier molecular flexibility index (Phi) is 2.95. The molecule has 0 spiro atoms. The normalized spacial score (nSPS) is 39.2. The highest BCUT2D eigenvalue weighted by Crippen LogP contribution is 2.59. The van der Waals surface area contributed by atoms with Gasteiger partial charge in [0.25, 0.3) is 0 Å². The standard InChI is InChI=1S/C14H22O4/c1-5-8(11(15)16)14(4)7-6-9-10(14)12(17)18-13(9,2)3/h8-10H,5-7H2,1-4H3,(H,15,16)/p-1. The van der Waals surface area contributed by atoms with Crippen molar-refractivity contribution in [3.8, 4) is 0 Å². The lowest BCUT2D eigenvalue weighted by Gasteiger charge is -2.37. The van der Waals surface area contributed by atoms with E-state index in [1.165, 1.54) is 0 Å². The van der Waals surface area contributed by atoms with E-state index in [0.717, 1.165) is 12.8 Å². The van der Waals surface area contributed by atoms with E-state index in [-0.39, 0.29) is 17.8 Å². The fourth-order valence-electron chi connectivity index (χ4n) is 4.12. The average molecular weight is 253 g/mol. The fourth-order valence-corrected chi connectivity index (χ4v) is 4.12. The fraction of sp³-hybridized carbons (Fsp3) is 0.857. The summed E-state index contributed by atoms with van der Waals surface area (Å²) in [4.78, 5) is 23.4. The SMILES string of the molecule is CCC(C(=O)[O-])C1(C)CCC2C1C(=O)OC2(C)C. The number of hydrogen-bond acceptors (Lipinski definition) is 4. The number of carbonyl (C=O) groups is 2. The van der Waals surface area contributed by atoms with Crippen molar-refractivity contribution in [2.45, 2.75) is 52.6 Å². The molecule has 18 heavy (non-hydrogen) atoms. The molecule has 4 nitrogen and oxygen atoms in total. The third-order valence-corrected chi connectivity index (χ3v) is 5.11. The predicted molar refractivity (Wildman–Crippen MR) is 63.3 cm³/mol. The van der Waals surface area contributed by atoms with Gasteiger partial charge in [0.05, 0.1) is 5.92 Å². The van der Waals surface area contributed by atoms with Crippen molar-refractivity contribution in [3.05, 3.63) is 0 Å². The van der Waals surface area contributed by atoms with Gasteiger partial charge in [-0.3, -0.25) is 4.79 Å². The molecular formula is C14H21O4-. The molecule has 2 rings (SSSR count). The smallest absolute Gasteiger partial charge is 0.310 e. The van der Waals surface area contributed by atoms with Gasteiger partial charge in [0.1, 0.15) is 5.60 Å². The number of carbonyl (C=O) groups excluding carboxylic acids is 2. The summed E-state index contributed by atoms with van der Waals surface area (Å²) in [5.41, 5.74) is -0.993. The van der Waals surface area contributed by atoms with Crippen molar-refractivity contribution >= 4 is 11.9 Å². The molecule has 1 aliphatic carbocycles. The minimum atomic E-state index is -1.04. The van der Waals surface area contributed by atoms with Gasteiger partial charge >= 0.3 is 5.97 Å². The number of rotatable bonds is 3. The first-order valence-electron chi connectivity index (χ1n) is 6.67. The monoisotopic (exact) mass is 253 g/mol. The summed E-state index contributed by atoms with van der Waals surface area (Å²) >= 11 is 0. The van der Waals surface area contributed by atoms with Gasteiger partial charge in [0, 0.05) is 17.8 Å². The first-order chi connectivity index (χ1) is 8.24. The summed E-state index contributed by atoms with van der Waals surface area (Å²) in [6, 6.07) is 0. The molecule has 0 amide bonds. The maximum Gasteiger partial charge on any atom is 0.310 e. The maximum atomic E-state index is 12.1. The maximum absolute atomic E-state index is 12.1. The largest absolute Gasteiger partial charge is 0.550 e. The molecule has 1 saturated carbocycles. The number of aliphatic carboxylic acids is 1. The molecule has 0 aromatic rings. The van der Waals surface area contributed by atoms with Gasteiger partial charge in [-0.1, -0.05) is 13.8 Å². The van der Waals surface area contributed by atoms with Crippen LogP contribution in [-0.4, -0.2) is 17.5 Å². The molecule has 2 aliphatic rings. The lowest BCUT2D eigenvalue weighted by Crippen LogP contribution is -2.45. The zero-order valence-electron chi connectivity index (χ0n) is 11.5. The van der Waals surface area contributed by atoms with Crippen LogP contribution in [0.1, 0.15) is 47.0 Å². The van der Waals surface area contributed by atoms with Crippen molar-refractivity contribution in [2.24, 2.45) is 23.2 Å². The quantitative estimate of drug-likeness (QED) is 0.707. The molecule has 1 aliphatic heterocycles. The molecule has 4 atom stereocenters. The first-order valence-corrected chi connectivity index (χ1v) is 6.67. The number of hydrogen-bond donors (Lipinski definition) is 0. The summed E-state index contributed by atoms with van der Waals surface area (Å²) in [5, 5.41) is 11.3. The molecule has 4 heteroatoms. The van der Waals surface area contributed by atoms with Crippen LogP contribution in [-0.2, 0) is 14.3 Å². The number of ether oxygens (including phenoxy) is 1. The van der Waals surface area contributed by atoms with E-state index in [1.54, 1.807) is 0 Å². The number of carboxylic acid groups (broad SMARTS) is 1. The van der Waals surface area contributed by atoms with Crippen LogP contribution >= 0.6 is 0 Å². The Morgan fingerprint density at radius 1 is 1.50 bits per heavy atom. The highest BCUT2D eigenvalue weighted by atomic mass is 16.6. The number of cyclic esters (lactones) is 1. The topological polar surface area (TPSA) is 66.4 Å². The lowest BCUT2D eigenvalue weighted by atomic mass is 9.66. The highest BCUT2D eigenvalue weighted by molar-refractivity contribution is 5.79. The van der Waals surface area contributed by atoms with Gasteiger partial charge in [0.2, 0.25) is 0 Å². The van der Waals surface area contributed by atoms with Crippen LogP contribution in [0.15, 0.2) is 0 Å². The Morgan fingerprint density at radius 3 is 2.61 bits per heavy atom. The molecule has 0 aromatic carbocycles. The van der Waals surface area contributed by atoms with Crippen molar-refractivity contribution in [1.82, 2.24) is 0 Å². The third kappa shape index (κ3) is 1.65. The Bertz CT molecular complexity index is 387. The minimum Gasteiger partial charge on any atom is -0.550 e. The first kappa shape index (κ1) is 13.4. The van der Waals surface area contributed by atoms with E-state index in [9.17, 15) is 14.7 Å². The summed E-state index contributed by atoms with van der Waals surface area (Å²) < 4.78 is 5.43. The zero-order valence-corrected chi connectivity index (χ0v) is 11.5. The van der Waals surface area contributed by atoms with Crippen LogP contribution in [0.5, 0.6) is 0 Å². The molecule has 0 bridgehead atoms. The second-order valence-corrected chi connectivity index (χ2v) is 6.43. The Morgan fingerprint density at radius 2 is 2.11 bits per heavy atom. The second kappa shape index (κ2) is 3.97. The van der Waals surface area contributed by atoms with Crippen LogP contribution in [0.4, 0.5) is 0 Å². The number of carboxylic acids is 1. The van der Waals surface area contributed by atoms with E-state index in [2.05, 4.69) is 0 Å². The molecule has 1 saturated heterocycles. The van der Waals surface area contributed by atoms with E-state index in [1.807, 2.05) is 27.7 Å². The average Bonchev–Trinajstić information content (AvgIpc) is 2.67. The van der Waals surface area contributed by atoms with Crippen LogP contribution in [0.2, 0.25) is 0 Å². The van der Waals surface area contributed by atoms with Gasteiger partial charge in [-0.05, 0) is 38.5 Å². The summed E-state index contributed by atoms with van der Waals surface area (Å²) in [5.74, 6) is -2.02. The van der Waals surface area contributed by atoms with E-state index in [4.69, 9.17) is 4.74 Å². The zero-order chi connectivity index (χ0) is 13.7. The van der Waals surface area contributed by atoms with Gasteiger partial charge in [0.15, 0.2) is 0 Å². The molecule has 2 fully saturated rings. The van der Waals surface area contributed by atoms with Crippen LogP contribution in [0, 0.1) is 23.2 Å². The van der Waals surface area contributed by atoms with Gasteiger partial charge in [-0.15, -0.1) is 0 Å². The van der Waals surface area contributed by atoms with Crippen LogP contribution in [0.3, 0.4) is 0 Å². The second-order valence-electron chi connectivity index (χ2n) is 6.43. The minimum absolute atomic E-state index is 0.128. The number of esters is 1. The lowest BCUT2D eigenvalue weighted by molar-refractivity contribution is -0.316. The highest BCUT2D eigenvalue weighted by Gasteiger charge is 2.62. The Balaban J connectivity index is 2.37. The molecule has 0 N–H and O–H groups in total. The van der Waals surface area contributed by atoms with Crippen molar-refractivity contribution in [1.29, 1.82) is 0 Å². The Labute approximate surface area is 108 Å². The molecule has 4 unspecified atom stereocenters. The molecule has 0 aromatic heterocycles. The summed E-state index contributed by atoms with van der Waals surface area (Å²) in [6.07, 6.45) is 2.10.